The predicted octanol–water partition coefficient (Wildman–Crippen LogP) is 0.899. The molecule has 8 rings (SSSR count). The van der Waals surface area contributed by atoms with E-state index in [2.05, 4.69) is 18.0 Å². The number of pyridine rings is 1. The van der Waals surface area contributed by atoms with E-state index in [1.807, 2.05) is 35.2 Å². The minimum atomic E-state index is -1.51. The Bertz CT molecular complexity index is 1490. The standard InChI is InChI=1S/C32H38N2O7/c1-29-6-4-19-11-21-27(38)28(39)22(34-15-23(35)24(36)16-34)13-30(21)7-8-31(19,41-30)25(29)12-26(37)32(29,40)20-3-2-17-5-9-33-14-18(17)10-20/h2-5,9-11,14,22-28,35-40H,6-8,12-13,15-16H2,1H3/t22-,23-,24-,25+,26+,27?,28+,29-,30+,31?,32+/m0/s1. The predicted molar refractivity (Wildman–Crippen MR) is 148 cm³/mol. The number of likely N-dealkylation sites (tertiary alicyclic amines) is 1. The third-order valence-electron chi connectivity index (χ3n) is 11.9. The molecule has 3 aliphatic carbocycles. The Morgan fingerprint density at radius 3 is 2.56 bits per heavy atom. The van der Waals surface area contributed by atoms with E-state index < -0.39 is 58.8 Å². The number of ether oxygens (including phenoxy) is 1. The zero-order chi connectivity index (χ0) is 28.5. The van der Waals surface area contributed by atoms with Crippen molar-refractivity contribution in [3.05, 3.63) is 65.5 Å². The molecule has 9 heteroatoms. The normalized spacial score (nSPS) is 48.9. The van der Waals surface area contributed by atoms with Gasteiger partial charge < -0.3 is 35.4 Å². The number of aliphatic hydroxyl groups excluding tert-OH is 5. The average Bonchev–Trinajstić information content (AvgIpc) is 3.54. The van der Waals surface area contributed by atoms with Crippen LogP contribution in [0.3, 0.4) is 0 Å². The molecule has 218 valence electrons. The summed E-state index contributed by atoms with van der Waals surface area (Å²) in [6.07, 6.45) is 5.26. The highest BCUT2D eigenvalue weighted by molar-refractivity contribution is 5.82. The van der Waals surface area contributed by atoms with Crippen LogP contribution in [0.15, 0.2) is 60.0 Å². The van der Waals surface area contributed by atoms with Crippen LogP contribution in [-0.2, 0) is 10.3 Å². The molecule has 4 heterocycles. The van der Waals surface area contributed by atoms with Crippen molar-refractivity contribution in [2.45, 2.75) is 92.4 Å². The highest BCUT2D eigenvalue weighted by atomic mass is 16.5. The summed E-state index contributed by atoms with van der Waals surface area (Å²) in [7, 11) is 0. The van der Waals surface area contributed by atoms with E-state index >= 15 is 0 Å². The maximum Gasteiger partial charge on any atom is 0.121 e. The summed E-state index contributed by atoms with van der Waals surface area (Å²) in [6.45, 7) is 2.51. The van der Waals surface area contributed by atoms with Crippen molar-refractivity contribution < 1.29 is 35.4 Å². The number of nitrogens with zero attached hydrogens (tertiary/aromatic N) is 2. The number of hydrogen-bond acceptors (Lipinski definition) is 9. The monoisotopic (exact) mass is 562 g/mol. The fourth-order valence-electron chi connectivity index (χ4n) is 9.70. The summed E-state index contributed by atoms with van der Waals surface area (Å²) in [5.74, 6) is -0.186. The van der Waals surface area contributed by atoms with Gasteiger partial charge in [0.15, 0.2) is 0 Å². The lowest BCUT2D eigenvalue weighted by Crippen LogP contribution is -2.63. The Morgan fingerprint density at radius 2 is 1.78 bits per heavy atom. The minimum Gasteiger partial charge on any atom is -0.390 e. The van der Waals surface area contributed by atoms with Crippen molar-refractivity contribution in [3.8, 4) is 0 Å². The summed E-state index contributed by atoms with van der Waals surface area (Å²) in [4.78, 5) is 6.11. The molecule has 0 radical (unpaired) electrons. The quantitative estimate of drug-likeness (QED) is 0.314. The third kappa shape index (κ3) is 3.21. The molecule has 3 aliphatic heterocycles. The molecular weight excluding hydrogens is 524 g/mol. The summed E-state index contributed by atoms with van der Waals surface area (Å²) in [6, 6.07) is 7.26. The number of hydrogen-bond donors (Lipinski definition) is 6. The topological polar surface area (TPSA) is 147 Å². The molecular formula is C32H38N2O7. The van der Waals surface area contributed by atoms with Crippen molar-refractivity contribution in [1.29, 1.82) is 0 Å². The van der Waals surface area contributed by atoms with Crippen LogP contribution in [0.1, 0.15) is 44.6 Å². The number of rotatable bonds is 2. The van der Waals surface area contributed by atoms with Gasteiger partial charge in [0.1, 0.15) is 11.7 Å². The fraction of sp³-hybridized carbons (Fsp3) is 0.594. The van der Waals surface area contributed by atoms with E-state index in [0.29, 0.717) is 43.2 Å². The first kappa shape index (κ1) is 26.4. The van der Waals surface area contributed by atoms with Crippen molar-refractivity contribution >= 4 is 10.8 Å². The number of aliphatic hydroxyl groups is 6. The van der Waals surface area contributed by atoms with E-state index in [9.17, 15) is 30.6 Å². The Morgan fingerprint density at radius 1 is 1.00 bits per heavy atom. The summed E-state index contributed by atoms with van der Waals surface area (Å²) in [5.41, 5.74) is -1.47. The fourth-order valence-corrected chi connectivity index (χ4v) is 9.70. The van der Waals surface area contributed by atoms with Crippen LogP contribution < -0.4 is 0 Å². The summed E-state index contributed by atoms with van der Waals surface area (Å²) in [5, 5.41) is 69.0. The van der Waals surface area contributed by atoms with Crippen molar-refractivity contribution in [1.82, 2.24) is 9.88 Å². The summed E-state index contributed by atoms with van der Waals surface area (Å²) >= 11 is 0. The van der Waals surface area contributed by atoms with Crippen LogP contribution in [-0.4, -0.2) is 101 Å². The van der Waals surface area contributed by atoms with Crippen LogP contribution >= 0.6 is 0 Å². The molecule has 1 aromatic heterocycles. The van der Waals surface area contributed by atoms with Gasteiger partial charge in [-0.15, -0.1) is 0 Å². The Kier molecular flexibility index (Phi) is 5.45. The van der Waals surface area contributed by atoms with Gasteiger partial charge in [-0.25, -0.2) is 0 Å². The number of aromatic nitrogens is 1. The van der Waals surface area contributed by atoms with Crippen molar-refractivity contribution in [2.24, 2.45) is 11.3 Å². The van der Waals surface area contributed by atoms with Gasteiger partial charge in [0.05, 0.1) is 35.6 Å². The third-order valence-corrected chi connectivity index (χ3v) is 11.9. The first-order chi connectivity index (χ1) is 19.5. The second-order valence-electron chi connectivity index (χ2n) is 13.7. The van der Waals surface area contributed by atoms with E-state index in [0.717, 1.165) is 16.3 Å². The number of allylic oxidation sites excluding steroid dienone is 1. The maximum absolute atomic E-state index is 12.5. The highest BCUT2D eigenvalue weighted by Gasteiger charge is 2.73. The van der Waals surface area contributed by atoms with Gasteiger partial charge in [-0.3, -0.25) is 9.88 Å². The molecule has 41 heavy (non-hydrogen) atoms. The lowest BCUT2D eigenvalue weighted by Gasteiger charge is -2.57. The van der Waals surface area contributed by atoms with Crippen molar-refractivity contribution in [3.63, 3.8) is 0 Å². The number of benzene rings is 1. The molecule has 2 saturated heterocycles. The van der Waals surface area contributed by atoms with Crippen LogP contribution in [0.25, 0.3) is 10.8 Å². The molecule has 2 aromatic rings. The van der Waals surface area contributed by atoms with Crippen LogP contribution in [0.4, 0.5) is 0 Å². The molecule has 6 N–H and O–H groups in total. The second-order valence-corrected chi connectivity index (χ2v) is 13.7. The Hall–Kier alpha value is -2.21. The highest BCUT2D eigenvalue weighted by Crippen LogP contribution is 2.70. The molecule has 2 saturated carbocycles. The van der Waals surface area contributed by atoms with Gasteiger partial charge in [0.25, 0.3) is 0 Å². The Labute approximate surface area is 238 Å². The molecule has 0 amide bonds. The average molecular weight is 563 g/mol. The Balaban J connectivity index is 1.19. The largest absolute Gasteiger partial charge is 0.390 e. The molecule has 2 spiro atoms. The zero-order valence-corrected chi connectivity index (χ0v) is 23.1. The molecule has 2 unspecified atom stereocenters. The van der Waals surface area contributed by atoms with Gasteiger partial charge in [-0.05, 0) is 66.3 Å². The first-order valence-corrected chi connectivity index (χ1v) is 14.9. The van der Waals surface area contributed by atoms with E-state index in [1.165, 1.54) is 0 Å². The van der Waals surface area contributed by atoms with Crippen LogP contribution in [0.2, 0.25) is 0 Å². The summed E-state index contributed by atoms with van der Waals surface area (Å²) < 4.78 is 7.18. The molecule has 6 aliphatic rings. The van der Waals surface area contributed by atoms with E-state index in [4.69, 9.17) is 4.74 Å². The van der Waals surface area contributed by atoms with Crippen LogP contribution in [0.5, 0.6) is 0 Å². The molecule has 4 fully saturated rings. The van der Waals surface area contributed by atoms with E-state index in [-0.39, 0.29) is 19.0 Å². The SMILES string of the molecule is C[C@]12CC=C3C=C4C(O)[C@H](O)[C@@H](N5C[C@H](O)[C@@H](O)C5)C[C@]45CCC3(O5)[C@@H]1C[C@@H](O)[C@]2(O)c1ccc2ccncc2c1. The van der Waals surface area contributed by atoms with Gasteiger partial charge >= 0.3 is 0 Å². The lowest BCUT2D eigenvalue weighted by molar-refractivity contribution is -0.187. The minimum absolute atomic E-state index is 0.186. The first-order valence-electron chi connectivity index (χ1n) is 14.9. The molecule has 1 aromatic carbocycles. The van der Waals surface area contributed by atoms with Crippen molar-refractivity contribution in [2.75, 3.05) is 13.1 Å². The van der Waals surface area contributed by atoms with Gasteiger partial charge in [-0.1, -0.05) is 31.2 Å². The number of β-amino-alcohol motifs (C(OH)–C–C–N with tert-alkyl or cyclic N) is 2. The second kappa shape index (κ2) is 8.45. The lowest BCUT2D eigenvalue weighted by atomic mass is 9.56. The van der Waals surface area contributed by atoms with Gasteiger partial charge in [-0.2, -0.15) is 0 Å². The van der Waals surface area contributed by atoms with Crippen LogP contribution in [0, 0.1) is 11.3 Å². The van der Waals surface area contributed by atoms with Gasteiger partial charge in [0, 0.05) is 48.2 Å². The zero-order valence-electron chi connectivity index (χ0n) is 23.1. The molecule has 11 atom stereocenters. The molecule has 9 nitrogen and oxygen atoms in total. The van der Waals surface area contributed by atoms with Gasteiger partial charge in [0.2, 0.25) is 0 Å². The van der Waals surface area contributed by atoms with E-state index in [1.54, 1.807) is 12.4 Å². The number of fused-ring (bicyclic) bond motifs is 2. The smallest absolute Gasteiger partial charge is 0.121 e. The maximum atomic E-state index is 12.5. The molecule has 2 bridgehead atoms.